The van der Waals surface area contributed by atoms with Crippen LogP contribution >= 0.6 is 0 Å². The molecule has 2 fully saturated rings. The number of aromatic nitrogens is 3. The fourth-order valence-electron chi connectivity index (χ4n) is 2.25. The summed E-state index contributed by atoms with van der Waals surface area (Å²) in [7, 11) is 0. The van der Waals surface area contributed by atoms with E-state index in [-0.39, 0.29) is 0 Å². The zero-order valence-corrected chi connectivity index (χ0v) is 10.4. The van der Waals surface area contributed by atoms with Gasteiger partial charge in [0, 0.05) is 10.8 Å². The van der Waals surface area contributed by atoms with Gasteiger partial charge in [-0.3, -0.25) is 0 Å². The molecule has 1 aliphatic heterocycles. The molecule has 0 unspecified atom stereocenters. The highest BCUT2D eigenvalue weighted by Crippen LogP contribution is 2.42. The molecule has 1 aromatic heterocycles. The van der Waals surface area contributed by atoms with Crippen molar-refractivity contribution < 1.29 is 19.3 Å². The van der Waals surface area contributed by atoms with Gasteiger partial charge in [0.25, 0.3) is 0 Å². The largest absolute Gasteiger partial charge is 0.393 e. The summed E-state index contributed by atoms with van der Waals surface area (Å²) in [6, 6.07) is 0. The van der Waals surface area contributed by atoms with Crippen LogP contribution in [-0.4, -0.2) is 49.8 Å². The van der Waals surface area contributed by atoms with Crippen LogP contribution < -0.4 is 0 Å². The van der Waals surface area contributed by atoms with Crippen LogP contribution in [0.25, 0.3) is 10.4 Å². The summed E-state index contributed by atoms with van der Waals surface area (Å²) in [5.41, 5.74) is 7.17. The SMILES string of the molecule is [N-]=[N+]=N[C@]1(CO)O[C@@H](n2cc(C3CC3)nn2)[C@@H](F)[C@@H]1O. The quantitative estimate of drug-likeness (QED) is 0.469. The topological polar surface area (TPSA) is 129 Å². The maximum Gasteiger partial charge on any atom is 0.201 e. The van der Waals surface area contributed by atoms with Gasteiger partial charge in [-0.2, -0.15) is 0 Å². The van der Waals surface area contributed by atoms with Crippen LogP contribution in [0.3, 0.4) is 0 Å². The summed E-state index contributed by atoms with van der Waals surface area (Å²) < 4.78 is 20.5. The van der Waals surface area contributed by atoms with E-state index in [0.29, 0.717) is 5.92 Å². The third-order valence-electron chi connectivity index (χ3n) is 3.59. The number of aliphatic hydroxyl groups is 2. The molecule has 2 heterocycles. The van der Waals surface area contributed by atoms with Crippen LogP contribution in [0.5, 0.6) is 0 Å². The van der Waals surface area contributed by atoms with Crippen LogP contribution in [-0.2, 0) is 4.74 Å². The van der Waals surface area contributed by atoms with E-state index in [0.717, 1.165) is 23.2 Å². The molecule has 1 saturated carbocycles. The highest BCUT2D eigenvalue weighted by Gasteiger charge is 2.56. The molecule has 0 amide bonds. The molecule has 3 rings (SSSR count). The highest BCUT2D eigenvalue weighted by molar-refractivity contribution is 5.10. The minimum Gasteiger partial charge on any atom is -0.393 e. The minimum atomic E-state index is -2.04. The van der Waals surface area contributed by atoms with Gasteiger partial charge in [-0.15, -0.1) is 5.10 Å². The summed E-state index contributed by atoms with van der Waals surface area (Å²) in [6.45, 7) is -0.834. The third-order valence-corrected chi connectivity index (χ3v) is 3.59. The molecule has 1 aromatic rings. The van der Waals surface area contributed by atoms with Crippen molar-refractivity contribution in [1.29, 1.82) is 0 Å². The molecular formula is C10H13FN6O3. The van der Waals surface area contributed by atoms with E-state index in [9.17, 15) is 14.6 Å². The van der Waals surface area contributed by atoms with Gasteiger partial charge in [0.15, 0.2) is 12.4 Å². The molecule has 108 valence electrons. The highest BCUT2D eigenvalue weighted by atomic mass is 19.1. The summed E-state index contributed by atoms with van der Waals surface area (Å²) in [4.78, 5) is 2.49. The van der Waals surface area contributed by atoms with Crippen molar-refractivity contribution in [3.8, 4) is 0 Å². The number of hydrogen-bond acceptors (Lipinski definition) is 6. The number of ether oxygens (including phenoxy) is 1. The van der Waals surface area contributed by atoms with Crippen LogP contribution in [0.15, 0.2) is 11.3 Å². The van der Waals surface area contributed by atoms with E-state index >= 15 is 0 Å². The molecule has 0 spiro atoms. The van der Waals surface area contributed by atoms with E-state index in [2.05, 4.69) is 20.3 Å². The Morgan fingerprint density at radius 2 is 2.40 bits per heavy atom. The third kappa shape index (κ3) is 1.93. The number of nitrogens with zero attached hydrogens (tertiary/aromatic N) is 6. The maximum absolute atomic E-state index is 14.1. The van der Waals surface area contributed by atoms with Gasteiger partial charge in [-0.1, -0.05) is 10.3 Å². The first-order valence-corrected chi connectivity index (χ1v) is 6.20. The van der Waals surface area contributed by atoms with Crippen LogP contribution in [0.2, 0.25) is 0 Å². The lowest BCUT2D eigenvalue weighted by atomic mass is 10.1. The van der Waals surface area contributed by atoms with E-state index < -0.39 is 30.8 Å². The standard InChI is InChI=1S/C10H13FN6O3/c11-7-8(19)10(4-18,14-15-12)20-9(7)17-3-6(13-16-17)5-1-2-5/h3,5,7-9,18-19H,1-2,4H2/t7-,8-,9+,10+/m0/s1. The van der Waals surface area contributed by atoms with E-state index in [1.165, 1.54) is 0 Å². The number of azide groups is 1. The summed E-state index contributed by atoms with van der Waals surface area (Å²) in [5, 5.41) is 29.9. The fourth-order valence-corrected chi connectivity index (χ4v) is 2.25. The Balaban J connectivity index is 1.88. The van der Waals surface area contributed by atoms with E-state index in [4.69, 9.17) is 10.3 Å². The zero-order chi connectivity index (χ0) is 14.3. The predicted octanol–water partition coefficient (Wildman–Crippen LogP) is 0.382. The first-order valence-electron chi connectivity index (χ1n) is 6.20. The second-order valence-corrected chi connectivity index (χ2v) is 4.99. The second kappa shape index (κ2) is 4.67. The van der Waals surface area contributed by atoms with Crippen LogP contribution in [0.4, 0.5) is 4.39 Å². The molecule has 1 aliphatic carbocycles. The average Bonchev–Trinajstić information content (AvgIpc) is 3.14. The van der Waals surface area contributed by atoms with Crippen LogP contribution in [0, 0.1) is 0 Å². The number of aliphatic hydroxyl groups excluding tert-OH is 2. The Bertz CT molecular complexity index is 557. The van der Waals surface area contributed by atoms with Gasteiger partial charge in [-0.25, -0.2) is 9.07 Å². The van der Waals surface area contributed by atoms with Gasteiger partial charge in [0.2, 0.25) is 5.72 Å². The van der Waals surface area contributed by atoms with Crippen LogP contribution in [0.1, 0.15) is 30.7 Å². The molecule has 4 atom stereocenters. The number of alkyl halides is 1. The van der Waals surface area contributed by atoms with Crippen molar-refractivity contribution >= 4 is 0 Å². The van der Waals surface area contributed by atoms with E-state index in [1.54, 1.807) is 6.20 Å². The molecule has 0 aromatic carbocycles. The fraction of sp³-hybridized carbons (Fsp3) is 0.800. The summed E-state index contributed by atoms with van der Waals surface area (Å²) in [5.74, 6) is 0.341. The first kappa shape index (κ1) is 13.3. The van der Waals surface area contributed by atoms with Crippen molar-refractivity contribution in [2.45, 2.75) is 43.0 Å². The molecule has 2 N–H and O–H groups in total. The predicted molar refractivity (Wildman–Crippen MR) is 62.0 cm³/mol. The molecule has 10 heteroatoms. The monoisotopic (exact) mass is 284 g/mol. The smallest absolute Gasteiger partial charge is 0.201 e. The number of halogens is 1. The van der Waals surface area contributed by atoms with Gasteiger partial charge < -0.3 is 14.9 Å². The molecule has 20 heavy (non-hydrogen) atoms. The van der Waals surface area contributed by atoms with Gasteiger partial charge in [-0.05, 0) is 18.4 Å². The Labute approximate surface area is 112 Å². The van der Waals surface area contributed by atoms with Gasteiger partial charge in [0.05, 0.1) is 18.5 Å². The Morgan fingerprint density at radius 3 is 3.00 bits per heavy atom. The summed E-state index contributed by atoms with van der Waals surface area (Å²) in [6.07, 6.45) is -1.37. The van der Waals surface area contributed by atoms with Gasteiger partial charge >= 0.3 is 0 Å². The molecule has 9 nitrogen and oxygen atoms in total. The van der Waals surface area contributed by atoms with Crippen molar-refractivity contribution in [3.05, 3.63) is 22.3 Å². The molecule has 2 aliphatic rings. The second-order valence-electron chi connectivity index (χ2n) is 4.99. The number of rotatable bonds is 4. The number of hydrogen-bond donors (Lipinski definition) is 2. The summed E-state index contributed by atoms with van der Waals surface area (Å²) >= 11 is 0. The Morgan fingerprint density at radius 1 is 1.65 bits per heavy atom. The lowest BCUT2D eigenvalue weighted by Gasteiger charge is -2.23. The van der Waals surface area contributed by atoms with Crippen molar-refractivity contribution in [2.24, 2.45) is 5.11 Å². The Hall–Kier alpha value is -1.74. The minimum absolute atomic E-state index is 0.341. The maximum atomic E-state index is 14.1. The molecule has 0 radical (unpaired) electrons. The molecule has 0 bridgehead atoms. The van der Waals surface area contributed by atoms with E-state index in [1.807, 2.05) is 0 Å². The van der Waals surface area contributed by atoms with Crippen molar-refractivity contribution in [3.63, 3.8) is 0 Å². The average molecular weight is 284 g/mol. The van der Waals surface area contributed by atoms with Crippen molar-refractivity contribution in [2.75, 3.05) is 6.61 Å². The zero-order valence-electron chi connectivity index (χ0n) is 10.4. The molecule has 1 saturated heterocycles. The lowest BCUT2D eigenvalue weighted by molar-refractivity contribution is -0.126. The molecular weight excluding hydrogens is 271 g/mol. The normalized spacial score (nSPS) is 36.9. The van der Waals surface area contributed by atoms with Crippen molar-refractivity contribution in [1.82, 2.24) is 15.0 Å². The Kier molecular flexibility index (Phi) is 3.09. The first-order chi connectivity index (χ1) is 9.61. The van der Waals surface area contributed by atoms with Gasteiger partial charge in [0.1, 0.15) is 6.10 Å². The lowest BCUT2D eigenvalue weighted by Crippen LogP contribution is -2.43.